The van der Waals surface area contributed by atoms with Crippen molar-refractivity contribution in [2.75, 3.05) is 69.2 Å². The highest BCUT2D eigenvalue weighted by Crippen LogP contribution is 2.26. The fourth-order valence-electron chi connectivity index (χ4n) is 10.9. The molecule has 11 amide bonds. The van der Waals surface area contributed by atoms with Crippen molar-refractivity contribution in [1.29, 1.82) is 0 Å². The molecule has 25 nitrogen and oxygen atoms in total. The normalized spacial score (nSPS) is 26.0. The van der Waals surface area contributed by atoms with Gasteiger partial charge in [-0.05, 0) is 93.8 Å². The van der Waals surface area contributed by atoms with Gasteiger partial charge in [0.1, 0.15) is 73.7 Å². The number of amides is 11. The summed E-state index contributed by atoms with van der Waals surface area (Å²) in [6.07, 6.45) is 1.00. The number of aliphatic hydroxyl groups excluding tert-OH is 1. The molecule has 0 aliphatic carbocycles. The summed E-state index contributed by atoms with van der Waals surface area (Å²) in [6.45, 7) is 25.5. The summed E-state index contributed by atoms with van der Waals surface area (Å²) in [5.74, 6) is -11.7. The van der Waals surface area contributed by atoms with Crippen molar-refractivity contribution < 1.29 is 71.8 Å². The minimum absolute atomic E-state index is 0.0553. The number of rotatable bonds is 18. The fraction of sp³-hybridized carbons (Fsp3) is 0.781. The van der Waals surface area contributed by atoms with E-state index in [4.69, 9.17) is 4.74 Å². The van der Waals surface area contributed by atoms with Crippen molar-refractivity contribution in [2.24, 2.45) is 41.4 Å². The van der Waals surface area contributed by atoms with Crippen LogP contribution in [-0.4, -0.2) is 246 Å². The fourth-order valence-corrected chi connectivity index (χ4v) is 10.9. The number of likely N-dealkylation sites (N-methyl/N-ethyl adjacent to an activating group) is 7. The number of esters is 1. The Kier molecular flexibility index (Phi) is 33.9. The number of hydrogen-bond acceptors (Lipinski definition) is 14. The van der Waals surface area contributed by atoms with Crippen LogP contribution in [0, 0.1) is 41.4 Å². The van der Waals surface area contributed by atoms with E-state index in [0.717, 1.165) is 15.9 Å². The SMILES string of the molecule is CC[C@@H]1NC(=O)[C@H]([C@H](O)[C@H](C)C/C=C/C(=O)OCCF)N(C)C(=O)[C@H](C(C)C)N(C)C(=O)[C@@H](CC(C)C)N(C)C(=O)[C@H](CC(C)C)N(C)C(=O)[C@@H](C)NC(=O)[C@H](C)NC(=O)[C@@H](CC(C)C)N(C)C(=O)[C@H](C(C)C)NC(=O)[C@H](CC(C)C)N(C)C(=O)CN(C)C1=O. The van der Waals surface area contributed by atoms with Gasteiger partial charge in [-0.25, -0.2) is 9.18 Å². The van der Waals surface area contributed by atoms with Gasteiger partial charge in [0.25, 0.3) is 0 Å². The average Bonchev–Trinajstić information content (AvgIpc) is 1.04. The molecule has 0 saturated carbocycles. The number of nitrogens with one attached hydrogen (secondary N) is 4. The molecular formula is C64H112FN11O14. The lowest BCUT2D eigenvalue weighted by atomic mass is 9.91. The molecule has 0 radical (unpaired) electrons. The van der Waals surface area contributed by atoms with E-state index < -0.39 is 175 Å². The first-order chi connectivity index (χ1) is 41.6. The summed E-state index contributed by atoms with van der Waals surface area (Å²) in [5.41, 5.74) is 0. The van der Waals surface area contributed by atoms with Crippen molar-refractivity contribution in [1.82, 2.24) is 55.6 Å². The van der Waals surface area contributed by atoms with Crippen LogP contribution < -0.4 is 21.3 Å². The van der Waals surface area contributed by atoms with Gasteiger partial charge in [0.05, 0.1) is 12.6 Å². The zero-order valence-electron chi connectivity index (χ0n) is 58.2. The Morgan fingerprint density at radius 2 is 0.956 bits per heavy atom. The highest BCUT2D eigenvalue weighted by Gasteiger charge is 2.46. The summed E-state index contributed by atoms with van der Waals surface area (Å²) < 4.78 is 17.5. The average molecular weight is 1280 g/mol. The van der Waals surface area contributed by atoms with Crippen molar-refractivity contribution in [3.63, 3.8) is 0 Å². The molecule has 1 aliphatic heterocycles. The Balaban J connectivity index is 4.37. The van der Waals surface area contributed by atoms with Crippen LogP contribution in [0.1, 0.15) is 149 Å². The maximum atomic E-state index is 15.2. The quantitative estimate of drug-likeness (QED) is 0.0975. The second kappa shape index (κ2) is 37.6. The number of halogens is 1. The van der Waals surface area contributed by atoms with Crippen LogP contribution in [0.2, 0.25) is 0 Å². The molecule has 0 aromatic heterocycles. The van der Waals surface area contributed by atoms with Crippen LogP contribution in [-0.2, 0) is 62.3 Å². The number of aliphatic hydroxyl groups is 1. The van der Waals surface area contributed by atoms with Crippen LogP contribution in [0.15, 0.2) is 12.2 Å². The molecule has 0 unspecified atom stereocenters. The van der Waals surface area contributed by atoms with Crippen LogP contribution in [0.25, 0.3) is 0 Å². The minimum atomic E-state index is -1.78. The van der Waals surface area contributed by atoms with Gasteiger partial charge in [-0.2, -0.15) is 0 Å². The Bertz CT molecular complexity index is 2490. The molecule has 1 heterocycles. The van der Waals surface area contributed by atoms with E-state index in [-0.39, 0.29) is 62.2 Å². The third kappa shape index (κ3) is 23.5. The van der Waals surface area contributed by atoms with Crippen LogP contribution in [0.4, 0.5) is 4.39 Å². The second-order valence-corrected chi connectivity index (χ2v) is 26.8. The second-order valence-electron chi connectivity index (χ2n) is 26.8. The number of alkyl halides is 1. The lowest BCUT2D eigenvalue weighted by Gasteiger charge is -2.41. The van der Waals surface area contributed by atoms with Gasteiger partial charge in [-0.1, -0.05) is 103 Å². The first kappa shape index (κ1) is 81.3. The number of hydrogen-bond donors (Lipinski definition) is 5. The van der Waals surface area contributed by atoms with Gasteiger partial charge in [-0.3, -0.25) is 52.7 Å². The third-order valence-corrected chi connectivity index (χ3v) is 16.4. The number of nitrogens with zero attached hydrogens (tertiary/aromatic N) is 7. The third-order valence-electron chi connectivity index (χ3n) is 16.4. The zero-order chi connectivity index (χ0) is 69.7. The van der Waals surface area contributed by atoms with E-state index in [9.17, 15) is 57.4 Å². The molecule has 1 saturated heterocycles. The molecule has 26 heteroatoms. The molecule has 0 aromatic carbocycles. The largest absolute Gasteiger partial charge is 0.460 e. The molecule has 0 aromatic rings. The Morgan fingerprint density at radius 3 is 1.42 bits per heavy atom. The van der Waals surface area contributed by atoms with Crippen molar-refractivity contribution in [3.05, 3.63) is 12.2 Å². The Morgan fingerprint density at radius 1 is 0.522 bits per heavy atom. The molecule has 514 valence electrons. The highest BCUT2D eigenvalue weighted by molar-refractivity contribution is 5.99. The van der Waals surface area contributed by atoms with Gasteiger partial charge in [-0.15, -0.1) is 0 Å². The zero-order valence-corrected chi connectivity index (χ0v) is 58.2. The van der Waals surface area contributed by atoms with Crippen LogP contribution >= 0.6 is 0 Å². The topological polar surface area (TPSA) is 305 Å². The van der Waals surface area contributed by atoms with E-state index >= 15 is 9.59 Å². The lowest BCUT2D eigenvalue weighted by molar-refractivity contribution is -0.157. The summed E-state index contributed by atoms with van der Waals surface area (Å²) in [6, 6.07) is -13.0. The van der Waals surface area contributed by atoms with Gasteiger partial charge in [0, 0.05) is 55.4 Å². The smallest absolute Gasteiger partial charge is 0.330 e. The van der Waals surface area contributed by atoms with Crippen molar-refractivity contribution in [3.8, 4) is 0 Å². The van der Waals surface area contributed by atoms with Gasteiger partial charge < -0.3 is 65.4 Å². The molecule has 12 atom stereocenters. The minimum Gasteiger partial charge on any atom is -0.460 e. The van der Waals surface area contributed by atoms with E-state index in [0.29, 0.717) is 0 Å². The maximum Gasteiger partial charge on any atom is 0.330 e. The standard InChI is InChI=1S/C64H112FN11O14/c1-24-44-60(85)70(17)34-49(77)71(18)45(30-35(2)3)57(82)69-51(39(10)11)63(88)72(19)46(31-36(4)5)56(81)66-42(15)55(80)67-43(16)59(84)73(20)47(32-37(6)7)61(86)74(21)48(33-38(8)9)62(87)75(22)52(40(12)13)64(89)76(23)53(58(83)68-44)54(79)41(14)26-25-27-50(78)90-29-28-65/h25,27,35-48,51-54,79H,24,26,28-34H2,1-23H3,(H,66,81)(H,67,80)(H,68,83)(H,69,82)/b27-25+/t41-,42+,43-,44+,45+,46-,47+,48-,51+,52+,53+,54-/m1/s1. The molecular weight excluding hydrogens is 1170 g/mol. The van der Waals surface area contributed by atoms with Crippen molar-refractivity contribution in [2.45, 2.75) is 216 Å². The first-order valence-electron chi connectivity index (χ1n) is 31.7. The maximum absolute atomic E-state index is 15.2. The number of carbonyl (C=O) groups excluding carboxylic acids is 12. The van der Waals surface area contributed by atoms with Gasteiger partial charge in [0.2, 0.25) is 65.0 Å². The van der Waals surface area contributed by atoms with E-state index in [1.54, 1.807) is 41.5 Å². The number of ether oxygens (including phenoxy) is 1. The predicted octanol–water partition coefficient (Wildman–Crippen LogP) is 2.76. The molecule has 0 spiro atoms. The van der Waals surface area contributed by atoms with E-state index in [1.165, 1.54) is 93.8 Å². The first-order valence-corrected chi connectivity index (χ1v) is 31.7. The molecule has 0 bridgehead atoms. The molecule has 1 rings (SSSR count). The summed E-state index contributed by atoms with van der Waals surface area (Å²) in [4.78, 5) is 181. The molecule has 5 N–H and O–H groups in total. The van der Waals surface area contributed by atoms with Crippen LogP contribution in [0.3, 0.4) is 0 Å². The lowest BCUT2D eigenvalue weighted by Crippen LogP contribution is -2.63. The highest BCUT2D eigenvalue weighted by atomic mass is 19.1. The van der Waals surface area contributed by atoms with E-state index in [2.05, 4.69) is 21.3 Å². The van der Waals surface area contributed by atoms with Crippen LogP contribution in [0.5, 0.6) is 0 Å². The molecule has 90 heavy (non-hydrogen) atoms. The van der Waals surface area contributed by atoms with E-state index in [1.807, 2.05) is 55.4 Å². The number of allylic oxidation sites excluding steroid dienone is 1. The molecule has 1 aliphatic rings. The molecule has 1 fully saturated rings. The van der Waals surface area contributed by atoms with Crippen molar-refractivity contribution >= 4 is 70.9 Å². The number of carbonyl (C=O) groups is 12. The van der Waals surface area contributed by atoms with Gasteiger partial charge in [0.15, 0.2) is 0 Å². The Labute approximate surface area is 535 Å². The predicted molar refractivity (Wildman–Crippen MR) is 340 cm³/mol. The summed E-state index contributed by atoms with van der Waals surface area (Å²) >= 11 is 0. The summed E-state index contributed by atoms with van der Waals surface area (Å²) in [7, 11) is 9.61. The summed E-state index contributed by atoms with van der Waals surface area (Å²) in [5, 5.41) is 23.1. The monoisotopic (exact) mass is 1280 g/mol. The Hall–Kier alpha value is -6.73. The van der Waals surface area contributed by atoms with Gasteiger partial charge >= 0.3 is 5.97 Å².